The number of rotatable bonds is 3. The van der Waals surface area contributed by atoms with Gasteiger partial charge in [-0.25, -0.2) is 0 Å². The zero-order valence-electron chi connectivity index (χ0n) is 8.42. The summed E-state index contributed by atoms with van der Waals surface area (Å²) in [6.45, 7) is 0.517. The number of hydrogen-bond acceptors (Lipinski definition) is 4. The van der Waals surface area contributed by atoms with Gasteiger partial charge in [-0.05, 0) is 34.7 Å². The van der Waals surface area contributed by atoms with E-state index in [1.165, 1.54) is 12.1 Å². The highest BCUT2D eigenvalue weighted by Crippen LogP contribution is 2.28. The van der Waals surface area contributed by atoms with Gasteiger partial charge >= 0.3 is 0 Å². The zero-order chi connectivity index (χ0) is 11.5. The molecule has 5 heteroatoms. The molecule has 16 heavy (non-hydrogen) atoms. The standard InChI is InChI=1S/C11H10N2O2S/c12-6-8-5-11(16-7-8)9-1-3-10(4-2-9)13(14)15/h1-5,7H,6,12H2. The van der Waals surface area contributed by atoms with Crippen LogP contribution in [0.1, 0.15) is 5.56 Å². The maximum atomic E-state index is 10.5. The largest absolute Gasteiger partial charge is 0.326 e. The van der Waals surface area contributed by atoms with E-state index in [9.17, 15) is 10.1 Å². The lowest BCUT2D eigenvalue weighted by molar-refractivity contribution is -0.384. The van der Waals surface area contributed by atoms with Crippen LogP contribution in [0.3, 0.4) is 0 Å². The van der Waals surface area contributed by atoms with Gasteiger partial charge in [0.25, 0.3) is 5.69 Å². The molecule has 0 bridgehead atoms. The molecule has 0 radical (unpaired) electrons. The predicted octanol–water partition coefficient (Wildman–Crippen LogP) is 2.78. The minimum Gasteiger partial charge on any atom is -0.326 e. The Morgan fingerprint density at radius 2 is 2.00 bits per heavy atom. The van der Waals surface area contributed by atoms with Gasteiger partial charge in [-0.15, -0.1) is 11.3 Å². The van der Waals surface area contributed by atoms with E-state index in [1.807, 2.05) is 11.4 Å². The summed E-state index contributed by atoms with van der Waals surface area (Å²) in [6, 6.07) is 8.54. The Balaban J connectivity index is 2.30. The summed E-state index contributed by atoms with van der Waals surface area (Å²) >= 11 is 1.59. The Morgan fingerprint density at radius 3 is 2.50 bits per heavy atom. The molecular formula is C11H10N2O2S. The van der Waals surface area contributed by atoms with E-state index < -0.39 is 4.92 Å². The number of non-ortho nitro benzene ring substituents is 1. The van der Waals surface area contributed by atoms with Crippen molar-refractivity contribution in [1.29, 1.82) is 0 Å². The Labute approximate surface area is 96.5 Å². The highest BCUT2D eigenvalue weighted by molar-refractivity contribution is 7.13. The first kappa shape index (κ1) is 10.8. The van der Waals surface area contributed by atoms with Crippen molar-refractivity contribution in [3.63, 3.8) is 0 Å². The molecule has 1 heterocycles. The molecule has 0 spiro atoms. The van der Waals surface area contributed by atoms with Crippen molar-refractivity contribution < 1.29 is 4.92 Å². The van der Waals surface area contributed by atoms with Gasteiger partial charge in [-0.2, -0.15) is 0 Å². The number of thiophene rings is 1. The summed E-state index contributed by atoms with van der Waals surface area (Å²) in [5.74, 6) is 0. The minimum atomic E-state index is -0.399. The Morgan fingerprint density at radius 1 is 1.31 bits per heavy atom. The molecule has 2 rings (SSSR count). The normalized spacial score (nSPS) is 10.3. The molecule has 0 atom stereocenters. The number of nitrogens with two attached hydrogens (primary N) is 1. The van der Waals surface area contributed by atoms with E-state index in [1.54, 1.807) is 23.5 Å². The first-order chi connectivity index (χ1) is 7.70. The Bertz CT molecular complexity index is 505. The quantitative estimate of drug-likeness (QED) is 0.655. The molecule has 0 unspecified atom stereocenters. The van der Waals surface area contributed by atoms with Crippen molar-refractivity contribution in [2.45, 2.75) is 6.54 Å². The third-order valence-electron chi connectivity index (χ3n) is 2.25. The molecule has 0 aliphatic rings. The smallest absolute Gasteiger partial charge is 0.269 e. The maximum absolute atomic E-state index is 10.5. The number of nitrogens with zero attached hydrogens (tertiary/aromatic N) is 1. The molecule has 0 saturated carbocycles. The summed E-state index contributed by atoms with van der Waals surface area (Å²) in [5, 5.41) is 12.5. The fraction of sp³-hybridized carbons (Fsp3) is 0.0909. The van der Waals surface area contributed by atoms with Crippen molar-refractivity contribution in [2.24, 2.45) is 5.73 Å². The molecule has 1 aromatic heterocycles. The van der Waals surface area contributed by atoms with Crippen LogP contribution < -0.4 is 5.73 Å². The maximum Gasteiger partial charge on any atom is 0.269 e. The number of nitro groups is 1. The number of hydrogen-bond donors (Lipinski definition) is 1. The van der Waals surface area contributed by atoms with Gasteiger partial charge in [0.2, 0.25) is 0 Å². The van der Waals surface area contributed by atoms with Gasteiger partial charge in [0.1, 0.15) is 0 Å². The van der Waals surface area contributed by atoms with Gasteiger partial charge in [-0.1, -0.05) is 0 Å². The average molecular weight is 234 g/mol. The number of nitro benzene ring substituents is 1. The molecule has 0 fully saturated rings. The molecule has 0 aliphatic carbocycles. The van der Waals surface area contributed by atoms with E-state index in [0.29, 0.717) is 6.54 Å². The summed E-state index contributed by atoms with van der Waals surface area (Å²) < 4.78 is 0. The summed E-state index contributed by atoms with van der Waals surface area (Å²) in [6.07, 6.45) is 0. The average Bonchev–Trinajstić information content (AvgIpc) is 2.77. The van der Waals surface area contributed by atoms with Gasteiger partial charge < -0.3 is 5.73 Å². The highest BCUT2D eigenvalue weighted by Gasteiger charge is 2.06. The van der Waals surface area contributed by atoms with Crippen LogP contribution in [-0.4, -0.2) is 4.92 Å². The molecule has 82 valence electrons. The van der Waals surface area contributed by atoms with Crippen molar-refractivity contribution in [2.75, 3.05) is 0 Å². The summed E-state index contributed by atoms with van der Waals surface area (Å²) in [5.41, 5.74) is 7.70. The second-order valence-corrected chi connectivity index (χ2v) is 4.24. The molecule has 0 amide bonds. The van der Waals surface area contributed by atoms with Crippen LogP contribution in [0.15, 0.2) is 35.7 Å². The van der Waals surface area contributed by atoms with Crippen LogP contribution >= 0.6 is 11.3 Å². The van der Waals surface area contributed by atoms with Crippen LogP contribution in [0, 0.1) is 10.1 Å². The van der Waals surface area contributed by atoms with Crippen LogP contribution in [0.25, 0.3) is 10.4 Å². The number of benzene rings is 1. The predicted molar refractivity (Wildman–Crippen MR) is 64.3 cm³/mol. The molecule has 2 aromatic rings. The van der Waals surface area contributed by atoms with Crippen molar-refractivity contribution in [3.05, 3.63) is 51.4 Å². The van der Waals surface area contributed by atoms with Crippen LogP contribution in [0.4, 0.5) is 5.69 Å². The van der Waals surface area contributed by atoms with E-state index >= 15 is 0 Å². The Kier molecular flexibility index (Phi) is 2.98. The molecule has 4 nitrogen and oxygen atoms in total. The van der Waals surface area contributed by atoms with Gasteiger partial charge in [0.15, 0.2) is 0 Å². The molecule has 0 aliphatic heterocycles. The van der Waals surface area contributed by atoms with E-state index in [-0.39, 0.29) is 5.69 Å². The highest BCUT2D eigenvalue weighted by atomic mass is 32.1. The summed E-state index contributed by atoms with van der Waals surface area (Å²) in [4.78, 5) is 11.2. The molecular weight excluding hydrogens is 224 g/mol. The lowest BCUT2D eigenvalue weighted by Gasteiger charge is -1.96. The minimum absolute atomic E-state index is 0.111. The first-order valence-electron chi connectivity index (χ1n) is 4.73. The third-order valence-corrected chi connectivity index (χ3v) is 3.28. The van der Waals surface area contributed by atoms with Gasteiger partial charge in [0.05, 0.1) is 4.92 Å². The van der Waals surface area contributed by atoms with E-state index in [0.717, 1.165) is 16.0 Å². The fourth-order valence-corrected chi connectivity index (χ4v) is 2.32. The molecule has 0 saturated heterocycles. The van der Waals surface area contributed by atoms with Crippen LogP contribution in [0.2, 0.25) is 0 Å². The zero-order valence-corrected chi connectivity index (χ0v) is 9.24. The topological polar surface area (TPSA) is 69.2 Å². The second-order valence-electron chi connectivity index (χ2n) is 3.33. The third kappa shape index (κ3) is 2.10. The van der Waals surface area contributed by atoms with E-state index in [2.05, 4.69) is 0 Å². The van der Waals surface area contributed by atoms with Gasteiger partial charge in [-0.3, -0.25) is 10.1 Å². The molecule has 1 aromatic carbocycles. The van der Waals surface area contributed by atoms with Crippen molar-refractivity contribution in [3.8, 4) is 10.4 Å². The van der Waals surface area contributed by atoms with Crippen LogP contribution in [-0.2, 0) is 6.54 Å². The summed E-state index contributed by atoms with van der Waals surface area (Å²) in [7, 11) is 0. The van der Waals surface area contributed by atoms with Crippen molar-refractivity contribution in [1.82, 2.24) is 0 Å². The fourth-order valence-electron chi connectivity index (χ4n) is 1.38. The monoisotopic (exact) mass is 234 g/mol. The molecule has 2 N–H and O–H groups in total. The Hall–Kier alpha value is -1.72. The second kappa shape index (κ2) is 4.42. The first-order valence-corrected chi connectivity index (χ1v) is 5.61. The van der Waals surface area contributed by atoms with Crippen LogP contribution in [0.5, 0.6) is 0 Å². The lowest BCUT2D eigenvalue weighted by atomic mass is 10.1. The van der Waals surface area contributed by atoms with Crippen molar-refractivity contribution >= 4 is 17.0 Å². The lowest BCUT2D eigenvalue weighted by Crippen LogP contribution is -1.92. The SMILES string of the molecule is NCc1csc(-c2ccc([N+](=O)[O-])cc2)c1. The van der Waals surface area contributed by atoms with Gasteiger partial charge in [0, 0.05) is 23.6 Å². The van der Waals surface area contributed by atoms with E-state index in [4.69, 9.17) is 5.73 Å².